The lowest BCUT2D eigenvalue weighted by atomic mass is 10.0. The summed E-state index contributed by atoms with van der Waals surface area (Å²) in [5, 5.41) is 0. The number of quaternary nitrogens is 1. The maximum Gasteiger partial charge on any atom is 0.108 e. The Morgan fingerprint density at radius 1 is 0.679 bits per heavy atom. The van der Waals surface area contributed by atoms with Gasteiger partial charge in [-0.25, -0.2) is 0 Å². The standard InChI is InChI=1S/C27H46N/c1-4-5-6-7-8-9-10-11-12-13-14-15-16-17-18-22-25-28(2,3)26-27-23-20-19-21-24-27/h17-25H,4-16,26H2,1-3H3/q+1/b18-17+,25-22+. The molecular weight excluding hydrogens is 338 g/mol. The number of rotatable bonds is 17. The van der Waals surface area contributed by atoms with E-state index in [1.807, 2.05) is 0 Å². The minimum absolute atomic E-state index is 0.882. The highest BCUT2D eigenvalue weighted by Crippen LogP contribution is 2.13. The van der Waals surface area contributed by atoms with Gasteiger partial charge in [0.15, 0.2) is 0 Å². The van der Waals surface area contributed by atoms with E-state index >= 15 is 0 Å². The van der Waals surface area contributed by atoms with Crippen LogP contribution in [0.15, 0.2) is 54.8 Å². The molecule has 1 nitrogen and oxygen atoms in total. The molecule has 0 saturated carbocycles. The zero-order valence-electron chi connectivity index (χ0n) is 19.0. The van der Waals surface area contributed by atoms with Crippen molar-refractivity contribution in [2.75, 3.05) is 14.1 Å². The monoisotopic (exact) mass is 384 g/mol. The first kappa shape index (κ1) is 24.7. The largest absolute Gasteiger partial charge is 0.298 e. The molecule has 0 spiro atoms. The topological polar surface area (TPSA) is 0 Å². The summed E-state index contributed by atoms with van der Waals surface area (Å²) in [5.74, 6) is 0. The van der Waals surface area contributed by atoms with Gasteiger partial charge >= 0.3 is 0 Å². The van der Waals surface area contributed by atoms with Crippen LogP contribution in [0.2, 0.25) is 0 Å². The Labute approximate surface area is 176 Å². The first-order chi connectivity index (χ1) is 13.6. The number of benzene rings is 1. The second kappa shape index (κ2) is 16.6. The Balaban J connectivity index is 1.95. The maximum atomic E-state index is 2.33. The fourth-order valence-electron chi connectivity index (χ4n) is 3.67. The summed E-state index contributed by atoms with van der Waals surface area (Å²) in [5.41, 5.74) is 1.39. The molecule has 28 heavy (non-hydrogen) atoms. The van der Waals surface area contributed by atoms with Crippen LogP contribution in [0, 0.1) is 0 Å². The molecular formula is C27H46N+. The van der Waals surface area contributed by atoms with E-state index in [2.05, 4.69) is 75.8 Å². The van der Waals surface area contributed by atoms with Crippen molar-refractivity contribution in [2.24, 2.45) is 0 Å². The summed E-state index contributed by atoms with van der Waals surface area (Å²) in [6, 6.07) is 10.7. The molecule has 0 saturated heterocycles. The normalized spacial score (nSPS) is 12.4. The zero-order chi connectivity index (χ0) is 20.3. The molecule has 0 unspecified atom stereocenters. The van der Waals surface area contributed by atoms with Crippen LogP contribution in [0.1, 0.15) is 96.0 Å². The lowest BCUT2D eigenvalue weighted by Crippen LogP contribution is -2.32. The van der Waals surface area contributed by atoms with Gasteiger partial charge in [-0.3, -0.25) is 4.48 Å². The second-order valence-corrected chi connectivity index (χ2v) is 8.87. The van der Waals surface area contributed by atoms with Crippen molar-refractivity contribution < 1.29 is 4.48 Å². The van der Waals surface area contributed by atoms with Crippen LogP contribution in [-0.2, 0) is 6.54 Å². The van der Waals surface area contributed by atoms with Gasteiger partial charge in [-0.1, -0.05) is 120 Å². The second-order valence-electron chi connectivity index (χ2n) is 8.87. The van der Waals surface area contributed by atoms with Gasteiger partial charge in [0, 0.05) is 5.56 Å². The highest BCUT2D eigenvalue weighted by molar-refractivity contribution is 5.13. The van der Waals surface area contributed by atoms with E-state index in [0.29, 0.717) is 0 Å². The molecule has 158 valence electrons. The lowest BCUT2D eigenvalue weighted by molar-refractivity contribution is -0.852. The van der Waals surface area contributed by atoms with Gasteiger partial charge in [0.05, 0.1) is 20.3 Å². The summed E-state index contributed by atoms with van der Waals surface area (Å²) >= 11 is 0. The summed E-state index contributed by atoms with van der Waals surface area (Å²) in [6.07, 6.45) is 27.3. The molecule has 0 amide bonds. The van der Waals surface area contributed by atoms with Crippen molar-refractivity contribution >= 4 is 0 Å². The smallest absolute Gasteiger partial charge is 0.108 e. The van der Waals surface area contributed by atoms with Crippen LogP contribution < -0.4 is 0 Å². The Hall–Kier alpha value is -1.34. The third-order valence-corrected chi connectivity index (χ3v) is 5.39. The molecule has 0 aliphatic carbocycles. The summed E-state index contributed by atoms with van der Waals surface area (Å²) in [7, 11) is 4.51. The van der Waals surface area contributed by atoms with Crippen LogP contribution in [0.25, 0.3) is 0 Å². The Morgan fingerprint density at radius 3 is 1.79 bits per heavy atom. The van der Waals surface area contributed by atoms with Crippen molar-refractivity contribution in [3.05, 3.63) is 60.3 Å². The number of hydrogen-bond donors (Lipinski definition) is 0. The van der Waals surface area contributed by atoms with Gasteiger partial charge in [0.25, 0.3) is 0 Å². The van der Waals surface area contributed by atoms with Gasteiger partial charge in [-0.15, -0.1) is 0 Å². The van der Waals surface area contributed by atoms with E-state index in [4.69, 9.17) is 0 Å². The number of unbranched alkanes of at least 4 members (excludes halogenated alkanes) is 12. The third kappa shape index (κ3) is 14.7. The van der Waals surface area contributed by atoms with Gasteiger partial charge in [-0.2, -0.15) is 0 Å². The van der Waals surface area contributed by atoms with Crippen LogP contribution in [0.4, 0.5) is 0 Å². The van der Waals surface area contributed by atoms with E-state index < -0.39 is 0 Å². The van der Waals surface area contributed by atoms with Crippen LogP contribution >= 0.6 is 0 Å². The molecule has 0 radical (unpaired) electrons. The number of hydrogen-bond acceptors (Lipinski definition) is 0. The van der Waals surface area contributed by atoms with E-state index in [1.165, 1.54) is 89.0 Å². The molecule has 0 aliphatic heterocycles. The maximum absolute atomic E-state index is 2.33. The summed E-state index contributed by atoms with van der Waals surface area (Å²) < 4.78 is 0.882. The minimum atomic E-state index is 0.882. The number of nitrogens with zero attached hydrogens (tertiary/aromatic N) is 1. The Kier molecular flexibility index (Phi) is 14.6. The lowest BCUT2D eigenvalue weighted by Gasteiger charge is -2.24. The van der Waals surface area contributed by atoms with Crippen molar-refractivity contribution in [1.82, 2.24) is 0 Å². The molecule has 0 aromatic heterocycles. The van der Waals surface area contributed by atoms with E-state index in [0.717, 1.165) is 11.0 Å². The van der Waals surface area contributed by atoms with Gasteiger partial charge in [0.1, 0.15) is 6.54 Å². The average Bonchev–Trinajstić information content (AvgIpc) is 2.68. The SMILES string of the molecule is CCCCCCCCCCCCCC/C=C/C=C/[N+](C)(C)Cc1ccccc1. The summed E-state index contributed by atoms with van der Waals surface area (Å²) in [4.78, 5) is 0. The van der Waals surface area contributed by atoms with Gasteiger partial charge in [0.2, 0.25) is 0 Å². The predicted molar refractivity (Wildman–Crippen MR) is 126 cm³/mol. The highest BCUT2D eigenvalue weighted by Gasteiger charge is 2.11. The molecule has 1 aromatic carbocycles. The summed E-state index contributed by atoms with van der Waals surface area (Å²) in [6.45, 7) is 3.32. The molecule has 1 heteroatoms. The van der Waals surface area contributed by atoms with Crippen molar-refractivity contribution in [3.8, 4) is 0 Å². The van der Waals surface area contributed by atoms with Crippen molar-refractivity contribution in [2.45, 2.75) is 96.9 Å². The van der Waals surface area contributed by atoms with Crippen LogP contribution in [0.5, 0.6) is 0 Å². The van der Waals surface area contributed by atoms with E-state index in [9.17, 15) is 0 Å². The molecule has 0 bridgehead atoms. The highest BCUT2D eigenvalue weighted by atomic mass is 15.3. The van der Waals surface area contributed by atoms with E-state index in [-0.39, 0.29) is 0 Å². The van der Waals surface area contributed by atoms with Crippen LogP contribution in [-0.4, -0.2) is 18.6 Å². The molecule has 0 atom stereocenters. The first-order valence-corrected chi connectivity index (χ1v) is 11.8. The molecule has 0 aliphatic rings. The fourth-order valence-corrected chi connectivity index (χ4v) is 3.67. The van der Waals surface area contributed by atoms with Crippen LogP contribution in [0.3, 0.4) is 0 Å². The zero-order valence-corrected chi connectivity index (χ0v) is 19.0. The van der Waals surface area contributed by atoms with Crippen molar-refractivity contribution in [1.29, 1.82) is 0 Å². The predicted octanol–water partition coefficient (Wildman–Crippen LogP) is 8.42. The minimum Gasteiger partial charge on any atom is -0.298 e. The molecule has 1 aromatic rings. The molecule has 0 fully saturated rings. The molecule has 0 heterocycles. The quantitative estimate of drug-likeness (QED) is 0.144. The van der Waals surface area contributed by atoms with E-state index in [1.54, 1.807) is 0 Å². The first-order valence-electron chi connectivity index (χ1n) is 11.8. The third-order valence-electron chi connectivity index (χ3n) is 5.39. The van der Waals surface area contributed by atoms with Crippen molar-refractivity contribution in [3.63, 3.8) is 0 Å². The number of allylic oxidation sites excluding steroid dienone is 3. The average molecular weight is 385 g/mol. The Bertz CT molecular complexity index is 512. The molecule has 0 N–H and O–H groups in total. The van der Waals surface area contributed by atoms with Gasteiger partial charge < -0.3 is 0 Å². The van der Waals surface area contributed by atoms with Gasteiger partial charge in [-0.05, 0) is 18.9 Å². The Morgan fingerprint density at radius 2 is 1.21 bits per heavy atom. The molecule has 1 rings (SSSR count). The fraction of sp³-hybridized carbons (Fsp3) is 0.630.